The third-order valence-corrected chi connectivity index (χ3v) is 4.76. The molecule has 0 amide bonds. The maximum absolute atomic E-state index is 11.8. The predicted molar refractivity (Wildman–Crippen MR) is 81.3 cm³/mol. The van der Waals surface area contributed by atoms with Crippen molar-refractivity contribution >= 4 is 16.6 Å². The molecule has 20 heavy (non-hydrogen) atoms. The van der Waals surface area contributed by atoms with Crippen molar-refractivity contribution in [3.63, 3.8) is 0 Å². The van der Waals surface area contributed by atoms with Gasteiger partial charge in [-0.15, -0.1) is 0 Å². The average molecular weight is 269 g/mol. The molecule has 0 aliphatic carbocycles. The summed E-state index contributed by atoms with van der Waals surface area (Å²) in [5, 5.41) is 4.37. The van der Waals surface area contributed by atoms with E-state index in [2.05, 4.69) is 27.3 Å². The highest BCUT2D eigenvalue weighted by molar-refractivity contribution is 5.82. The quantitative estimate of drug-likeness (QED) is 0.828. The second kappa shape index (κ2) is 4.63. The summed E-state index contributed by atoms with van der Waals surface area (Å²) in [6.07, 6.45) is 4.22. The van der Waals surface area contributed by atoms with E-state index in [1.807, 2.05) is 6.07 Å². The summed E-state index contributed by atoms with van der Waals surface area (Å²) < 4.78 is 0. The molecule has 0 radical (unpaired) electrons. The van der Waals surface area contributed by atoms with E-state index in [1.165, 1.54) is 18.5 Å². The Balaban J connectivity index is 1.67. The van der Waals surface area contributed by atoms with Crippen molar-refractivity contribution in [3.05, 3.63) is 40.7 Å². The maximum atomic E-state index is 11.8. The summed E-state index contributed by atoms with van der Waals surface area (Å²) in [5.41, 5.74) is 2.25. The first-order valence-corrected chi connectivity index (χ1v) is 7.41. The van der Waals surface area contributed by atoms with Gasteiger partial charge in [0, 0.05) is 42.5 Å². The molecular formula is C16H19N3O. The fourth-order valence-electron chi connectivity index (χ4n) is 3.64. The number of aromatic amines is 1. The van der Waals surface area contributed by atoms with Crippen LogP contribution in [-0.2, 0) is 0 Å². The molecule has 1 aromatic heterocycles. The molecule has 4 heteroatoms. The van der Waals surface area contributed by atoms with Crippen molar-refractivity contribution in [2.24, 2.45) is 5.92 Å². The summed E-state index contributed by atoms with van der Waals surface area (Å²) in [5.74, 6) is 0.772. The zero-order chi connectivity index (χ0) is 13.5. The number of benzene rings is 1. The Morgan fingerprint density at radius 2 is 2.15 bits per heavy atom. The van der Waals surface area contributed by atoms with Crippen LogP contribution in [-0.4, -0.2) is 30.7 Å². The van der Waals surface area contributed by atoms with Gasteiger partial charge in [0.2, 0.25) is 0 Å². The summed E-state index contributed by atoms with van der Waals surface area (Å²) in [6.45, 7) is 3.38. The van der Waals surface area contributed by atoms with Gasteiger partial charge in [-0.3, -0.25) is 4.79 Å². The molecule has 2 aliphatic heterocycles. The molecule has 0 spiro atoms. The first-order valence-electron chi connectivity index (χ1n) is 7.41. The van der Waals surface area contributed by atoms with Gasteiger partial charge in [0.15, 0.2) is 5.43 Å². The smallest absolute Gasteiger partial charge is 0.189 e. The average Bonchev–Trinajstić information content (AvgIpc) is 2.94. The zero-order valence-corrected chi connectivity index (χ0v) is 11.4. The second-order valence-corrected chi connectivity index (χ2v) is 5.92. The molecule has 2 saturated heterocycles. The summed E-state index contributed by atoms with van der Waals surface area (Å²) in [6, 6.07) is 8.44. The molecular weight excluding hydrogens is 250 g/mol. The van der Waals surface area contributed by atoms with E-state index < -0.39 is 0 Å². The SMILES string of the molecule is O=c1cc[nH]c2cc(N3CCC4NCCC4C3)ccc12. The lowest BCUT2D eigenvalue weighted by Crippen LogP contribution is -2.44. The van der Waals surface area contributed by atoms with Crippen molar-refractivity contribution < 1.29 is 0 Å². The number of H-pyrrole nitrogens is 1. The van der Waals surface area contributed by atoms with E-state index in [1.54, 1.807) is 12.3 Å². The van der Waals surface area contributed by atoms with Crippen LogP contribution in [0.1, 0.15) is 12.8 Å². The van der Waals surface area contributed by atoms with Crippen LogP contribution in [0.5, 0.6) is 0 Å². The largest absolute Gasteiger partial charge is 0.371 e. The lowest BCUT2D eigenvalue weighted by Gasteiger charge is -2.36. The Morgan fingerprint density at radius 3 is 3.10 bits per heavy atom. The van der Waals surface area contributed by atoms with E-state index in [-0.39, 0.29) is 5.43 Å². The van der Waals surface area contributed by atoms with Gasteiger partial charge in [-0.2, -0.15) is 0 Å². The van der Waals surface area contributed by atoms with Gasteiger partial charge >= 0.3 is 0 Å². The van der Waals surface area contributed by atoms with Crippen LogP contribution in [0.25, 0.3) is 10.9 Å². The number of nitrogens with one attached hydrogen (secondary N) is 2. The Kier molecular flexibility index (Phi) is 2.77. The molecule has 2 aromatic rings. The van der Waals surface area contributed by atoms with Crippen LogP contribution >= 0.6 is 0 Å². The van der Waals surface area contributed by atoms with Gasteiger partial charge in [0.05, 0.1) is 5.52 Å². The van der Waals surface area contributed by atoms with Gasteiger partial charge in [0.1, 0.15) is 0 Å². The lowest BCUT2D eigenvalue weighted by molar-refractivity contribution is 0.376. The third kappa shape index (κ3) is 1.91. The third-order valence-electron chi connectivity index (χ3n) is 4.76. The molecule has 4 rings (SSSR count). The van der Waals surface area contributed by atoms with Gasteiger partial charge in [-0.05, 0) is 43.5 Å². The molecule has 4 nitrogen and oxygen atoms in total. The molecule has 2 fully saturated rings. The summed E-state index contributed by atoms with van der Waals surface area (Å²) >= 11 is 0. The topological polar surface area (TPSA) is 48.1 Å². The first kappa shape index (κ1) is 12.0. The monoisotopic (exact) mass is 269 g/mol. The maximum Gasteiger partial charge on any atom is 0.189 e. The number of anilines is 1. The highest BCUT2D eigenvalue weighted by Crippen LogP contribution is 2.29. The van der Waals surface area contributed by atoms with Crippen LogP contribution in [0.2, 0.25) is 0 Å². The van der Waals surface area contributed by atoms with Crippen LogP contribution < -0.4 is 15.6 Å². The van der Waals surface area contributed by atoms with Crippen molar-refractivity contribution in [2.75, 3.05) is 24.5 Å². The fraction of sp³-hybridized carbons (Fsp3) is 0.438. The van der Waals surface area contributed by atoms with Gasteiger partial charge in [-0.1, -0.05) is 0 Å². The van der Waals surface area contributed by atoms with Crippen molar-refractivity contribution in [3.8, 4) is 0 Å². The van der Waals surface area contributed by atoms with E-state index in [0.717, 1.165) is 36.5 Å². The molecule has 0 saturated carbocycles. The molecule has 2 atom stereocenters. The van der Waals surface area contributed by atoms with Crippen molar-refractivity contribution in [2.45, 2.75) is 18.9 Å². The number of hydrogen-bond donors (Lipinski definition) is 2. The van der Waals surface area contributed by atoms with Crippen LogP contribution in [0.3, 0.4) is 0 Å². The van der Waals surface area contributed by atoms with Gasteiger partial charge in [-0.25, -0.2) is 0 Å². The number of nitrogens with zero attached hydrogens (tertiary/aromatic N) is 1. The lowest BCUT2D eigenvalue weighted by atomic mass is 9.93. The van der Waals surface area contributed by atoms with E-state index in [4.69, 9.17) is 0 Å². The molecule has 3 heterocycles. The minimum Gasteiger partial charge on any atom is -0.371 e. The van der Waals surface area contributed by atoms with Crippen molar-refractivity contribution in [1.29, 1.82) is 0 Å². The standard InChI is InChI=1S/C16H19N3O/c20-16-4-7-18-15-9-12(1-2-13(15)16)19-8-5-14-11(10-19)3-6-17-14/h1-2,4,7,9,11,14,17H,3,5-6,8,10H2,(H,18,20). The highest BCUT2D eigenvalue weighted by Gasteiger charge is 2.32. The minimum absolute atomic E-state index is 0.0870. The van der Waals surface area contributed by atoms with Gasteiger partial charge < -0.3 is 15.2 Å². The normalized spacial score (nSPS) is 25.9. The van der Waals surface area contributed by atoms with Crippen LogP contribution in [0, 0.1) is 5.92 Å². The number of hydrogen-bond acceptors (Lipinski definition) is 3. The fourth-order valence-corrected chi connectivity index (χ4v) is 3.64. The summed E-state index contributed by atoms with van der Waals surface area (Å²) in [7, 11) is 0. The van der Waals surface area contributed by atoms with E-state index in [0.29, 0.717) is 6.04 Å². The highest BCUT2D eigenvalue weighted by atomic mass is 16.1. The number of aromatic nitrogens is 1. The Labute approximate surface area is 117 Å². The molecule has 2 N–H and O–H groups in total. The molecule has 1 aromatic carbocycles. The first-order chi connectivity index (χ1) is 9.81. The van der Waals surface area contributed by atoms with Crippen LogP contribution in [0.15, 0.2) is 35.3 Å². The van der Waals surface area contributed by atoms with Gasteiger partial charge in [0.25, 0.3) is 0 Å². The Morgan fingerprint density at radius 1 is 1.20 bits per heavy atom. The zero-order valence-electron chi connectivity index (χ0n) is 11.4. The minimum atomic E-state index is 0.0870. The number of pyridine rings is 1. The number of piperidine rings is 1. The molecule has 0 bridgehead atoms. The van der Waals surface area contributed by atoms with Crippen LogP contribution in [0.4, 0.5) is 5.69 Å². The number of rotatable bonds is 1. The van der Waals surface area contributed by atoms with Crippen molar-refractivity contribution in [1.82, 2.24) is 10.3 Å². The number of fused-ring (bicyclic) bond motifs is 2. The Hall–Kier alpha value is -1.81. The van der Waals surface area contributed by atoms with E-state index in [9.17, 15) is 4.79 Å². The second-order valence-electron chi connectivity index (χ2n) is 5.92. The summed E-state index contributed by atoms with van der Waals surface area (Å²) in [4.78, 5) is 17.4. The molecule has 2 aliphatic rings. The Bertz CT molecular complexity index is 693. The molecule has 104 valence electrons. The molecule has 2 unspecified atom stereocenters. The predicted octanol–water partition coefficient (Wildman–Crippen LogP) is 1.72. The van der Waals surface area contributed by atoms with E-state index >= 15 is 0 Å².